The molecule has 1 aromatic rings. The van der Waals surface area contributed by atoms with E-state index in [-0.39, 0.29) is 0 Å². The van der Waals surface area contributed by atoms with Crippen molar-refractivity contribution in [2.24, 2.45) is 0 Å². The lowest BCUT2D eigenvalue weighted by Crippen LogP contribution is -2.21. The summed E-state index contributed by atoms with van der Waals surface area (Å²) in [4.78, 5) is 0. The van der Waals surface area contributed by atoms with E-state index >= 15 is 0 Å². The molecule has 0 aliphatic heterocycles. The zero-order chi connectivity index (χ0) is 10.4. The first-order chi connectivity index (χ1) is 6.79. The number of hydrogen-bond acceptors (Lipinski definition) is 1. The van der Waals surface area contributed by atoms with Crippen molar-refractivity contribution in [2.75, 3.05) is 6.54 Å². The van der Waals surface area contributed by atoms with E-state index in [1.807, 2.05) is 0 Å². The highest BCUT2D eigenvalue weighted by atomic mass is 127. The molecule has 0 radical (unpaired) electrons. The van der Waals surface area contributed by atoms with E-state index in [9.17, 15) is 0 Å². The van der Waals surface area contributed by atoms with Crippen molar-refractivity contribution in [1.29, 1.82) is 0 Å². The Hall–Kier alpha value is -0.0900. The van der Waals surface area contributed by atoms with Crippen molar-refractivity contribution < 1.29 is 0 Å². The average molecular weight is 303 g/mol. The largest absolute Gasteiger partial charge is 0.310 e. The first-order valence-electron chi connectivity index (χ1n) is 5.27. The van der Waals surface area contributed by atoms with E-state index in [1.165, 1.54) is 22.0 Å². The SMILES string of the molecule is CCCC(NCC)c1ccccc1I. The van der Waals surface area contributed by atoms with Crippen molar-refractivity contribution in [1.82, 2.24) is 5.32 Å². The van der Waals surface area contributed by atoms with E-state index in [0.717, 1.165) is 6.54 Å². The van der Waals surface area contributed by atoms with E-state index < -0.39 is 0 Å². The summed E-state index contributed by atoms with van der Waals surface area (Å²) in [6.07, 6.45) is 2.44. The van der Waals surface area contributed by atoms with Crippen LogP contribution >= 0.6 is 22.6 Å². The molecule has 1 unspecified atom stereocenters. The standard InChI is InChI=1S/C12H18IN/c1-3-7-12(14-4-2)10-8-5-6-9-11(10)13/h5-6,8-9,12,14H,3-4,7H2,1-2H3. The minimum atomic E-state index is 0.526. The second kappa shape index (κ2) is 6.40. The highest BCUT2D eigenvalue weighted by molar-refractivity contribution is 14.1. The third-order valence-electron chi connectivity index (χ3n) is 2.31. The van der Waals surface area contributed by atoms with Crippen LogP contribution < -0.4 is 5.32 Å². The van der Waals surface area contributed by atoms with Crippen LogP contribution in [0.15, 0.2) is 24.3 Å². The Morgan fingerprint density at radius 3 is 2.57 bits per heavy atom. The van der Waals surface area contributed by atoms with Crippen LogP contribution in [0, 0.1) is 3.57 Å². The van der Waals surface area contributed by atoms with Crippen LogP contribution in [0.3, 0.4) is 0 Å². The molecule has 0 heterocycles. The molecule has 0 fully saturated rings. The molecule has 1 N–H and O–H groups in total. The summed E-state index contributed by atoms with van der Waals surface area (Å²) >= 11 is 2.41. The van der Waals surface area contributed by atoms with Gasteiger partial charge in [0.15, 0.2) is 0 Å². The second-order valence-corrected chi connectivity index (χ2v) is 4.58. The number of hydrogen-bond donors (Lipinski definition) is 1. The topological polar surface area (TPSA) is 12.0 Å². The van der Waals surface area contributed by atoms with Gasteiger partial charge in [-0.05, 0) is 47.2 Å². The van der Waals surface area contributed by atoms with Crippen LogP contribution in [-0.4, -0.2) is 6.54 Å². The van der Waals surface area contributed by atoms with Gasteiger partial charge in [0.2, 0.25) is 0 Å². The summed E-state index contributed by atoms with van der Waals surface area (Å²) in [7, 11) is 0. The molecule has 78 valence electrons. The molecule has 1 atom stereocenters. The lowest BCUT2D eigenvalue weighted by atomic mass is 10.0. The van der Waals surface area contributed by atoms with Crippen LogP contribution in [-0.2, 0) is 0 Å². The van der Waals surface area contributed by atoms with E-state index in [1.54, 1.807) is 0 Å². The maximum Gasteiger partial charge on any atom is 0.0330 e. The maximum atomic E-state index is 3.54. The summed E-state index contributed by atoms with van der Waals surface area (Å²) in [6, 6.07) is 9.15. The molecule has 0 saturated heterocycles. The first kappa shape index (κ1) is 12.0. The van der Waals surface area contributed by atoms with Gasteiger partial charge < -0.3 is 5.32 Å². The van der Waals surface area contributed by atoms with Gasteiger partial charge in [0.05, 0.1) is 0 Å². The van der Waals surface area contributed by atoms with Crippen LogP contribution in [0.4, 0.5) is 0 Å². The van der Waals surface area contributed by atoms with Crippen LogP contribution in [0.25, 0.3) is 0 Å². The van der Waals surface area contributed by atoms with Gasteiger partial charge >= 0.3 is 0 Å². The predicted molar refractivity (Wildman–Crippen MR) is 70.5 cm³/mol. The molecular formula is C12H18IN. The molecule has 2 heteroatoms. The smallest absolute Gasteiger partial charge is 0.0330 e. The second-order valence-electron chi connectivity index (χ2n) is 3.42. The molecule has 1 aromatic carbocycles. The molecule has 0 aliphatic carbocycles. The Morgan fingerprint density at radius 2 is 2.00 bits per heavy atom. The van der Waals surface area contributed by atoms with Gasteiger partial charge in [-0.25, -0.2) is 0 Å². The molecule has 0 aliphatic rings. The van der Waals surface area contributed by atoms with Crippen molar-refractivity contribution in [3.05, 3.63) is 33.4 Å². The number of nitrogens with one attached hydrogen (secondary N) is 1. The van der Waals surface area contributed by atoms with Gasteiger partial charge in [-0.3, -0.25) is 0 Å². The van der Waals surface area contributed by atoms with Gasteiger partial charge in [-0.2, -0.15) is 0 Å². The van der Waals surface area contributed by atoms with Crippen molar-refractivity contribution in [3.63, 3.8) is 0 Å². The molecular weight excluding hydrogens is 285 g/mol. The molecule has 1 rings (SSSR count). The van der Waals surface area contributed by atoms with E-state index in [0.29, 0.717) is 6.04 Å². The maximum absolute atomic E-state index is 3.54. The van der Waals surface area contributed by atoms with Gasteiger partial charge in [-0.15, -0.1) is 0 Å². The molecule has 0 amide bonds. The number of rotatable bonds is 5. The number of halogens is 1. The number of benzene rings is 1. The summed E-state index contributed by atoms with van der Waals surface area (Å²) in [5, 5.41) is 3.54. The third-order valence-corrected chi connectivity index (χ3v) is 3.29. The molecule has 0 bridgehead atoms. The van der Waals surface area contributed by atoms with Crippen LogP contribution in [0.5, 0.6) is 0 Å². The Kier molecular flexibility index (Phi) is 5.48. The summed E-state index contributed by atoms with van der Waals surface area (Å²) < 4.78 is 1.37. The zero-order valence-corrected chi connectivity index (χ0v) is 11.0. The fraction of sp³-hybridized carbons (Fsp3) is 0.500. The van der Waals surface area contributed by atoms with Crippen LogP contribution in [0.2, 0.25) is 0 Å². The van der Waals surface area contributed by atoms with Crippen molar-refractivity contribution in [3.8, 4) is 0 Å². The molecule has 0 spiro atoms. The van der Waals surface area contributed by atoms with Crippen molar-refractivity contribution >= 4 is 22.6 Å². The monoisotopic (exact) mass is 303 g/mol. The fourth-order valence-corrected chi connectivity index (χ4v) is 2.42. The summed E-state index contributed by atoms with van der Waals surface area (Å²) in [5.74, 6) is 0. The van der Waals surface area contributed by atoms with E-state index in [2.05, 4.69) is 66.0 Å². The average Bonchev–Trinajstić information content (AvgIpc) is 2.18. The highest BCUT2D eigenvalue weighted by Gasteiger charge is 2.10. The normalized spacial score (nSPS) is 12.8. The quantitative estimate of drug-likeness (QED) is 0.817. The minimum absolute atomic E-state index is 0.526. The Labute approximate surface area is 100 Å². The van der Waals surface area contributed by atoms with E-state index in [4.69, 9.17) is 0 Å². The lowest BCUT2D eigenvalue weighted by molar-refractivity contribution is 0.507. The minimum Gasteiger partial charge on any atom is -0.310 e. The summed E-state index contributed by atoms with van der Waals surface area (Å²) in [6.45, 7) is 5.44. The van der Waals surface area contributed by atoms with Gasteiger partial charge in [0.1, 0.15) is 0 Å². The lowest BCUT2D eigenvalue weighted by Gasteiger charge is -2.18. The first-order valence-corrected chi connectivity index (χ1v) is 6.35. The Balaban J connectivity index is 2.81. The van der Waals surface area contributed by atoms with Crippen LogP contribution in [0.1, 0.15) is 38.3 Å². The van der Waals surface area contributed by atoms with Gasteiger partial charge in [0.25, 0.3) is 0 Å². The molecule has 0 saturated carbocycles. The molecule has 14 heavy (non-hydrogen) atoms. The highest BCUT2D eigenvalue weighted by Crippen LogP contribution is 2.23. The third kappa shape index (κ3) is 3.24. The Bertz CT molecular complexity index is 267. The zero-order valence-electron chi connectivity index (χ0n) is 8.89. The van der Waals surface area contributed by atoms with Gasteiger partial charge in [-0.1, -0.05) is 38.5 Å². The summed E-state index contributed by atoms with van der Waals surface area (Å²) in [5.41, 5.74) is 1.44. The van der Waals surface area contributed by atoms with Gasteiger partial charge in [0, 0.05) is 9.61 Å². The van der Waals surface area contributed by atoms with Crippen molar-refractivity contribution in [2.45, 2.75) is 32.7 Å². The molecule has 0 aromatic heterocycles. The Morgan fingerprint density at radius 1 is 1.29 bits per heavy atom. The predicted octanol–water partition coefficient (Wildman–Crippen LogP) is 3.74. The molecule has 1 nitrogen and oxygen atoms in total. The fourth-order valence-electron chi connectivity index (χ4n) is 1.66.